The van der Waals surface area contributed by atoms with Gasteiger partial charge in [0.2, 0.25) is 0 Å². The quantitative estimate of drug-likeness (QED) is 0.931. The maximum atomic E-state index is 12.4. The normalized spacial score (nSPS) is 13.3. The molecule has 1 amide bonds. The summed E-state index contributed by atoms with van der Waals surface area (Å²) in [6, 6.07) is 14.2. The number of carbonyl (C=O) groups excluding carboxylic acids is 1. The third-order valence-corrected chi connectivity index (χ3v) is 4.54. The van der Waals surface area contributed by atoms with Gasteiger partial charge in [0.1, 0.15) is 6.61 Å². The fraction of sp³-hybridized carbons (Fsp3) is 0.176. The van der Waals surface area contributed by atoms with Gasteiger partial charge in [-0.1, -0.05) is 30.3 Å². The Labute approximate surface area is 137 Å². The van der Waals surface area contributed by atoms with Crippen molar-refractivity contribution in [1.82, 2.24) is 0 Å². The topological polar surface area (TPSA) is 66.8 Å². The molecule has 1 aliphatic heterocycles. The number of aromatic carboxylic acids is 1. The van der Waals surface area contributed by atoms with Crippen LogP contribution in [0.2, 0.25) is 0 Å². The molecule has 5 nitrogen and oxygen atoms in total. The van der Waals surface area contributed by atoms with E-state index in [1.165, 1.54) is 11.0 Å². The molecular formula is C17H15NO4S. The third-order valence-electron chi connectivity index (χ3n) is 3.49. The van der Waals surface area contributed by atoms with Crippen molar-refractivity contribution in [2.24, 2.45) is 0 Å². The summed E-state index contributed by atoms with van der Waals surface area (Å²) in [6.07, 6.45) is -0.460. The van der Waals surface area contributed by atoms with Crippen LogP contribution >= 0.6 is 11.8 Å². The highest BCUT2D eigenvalue weighted by Crippen LogP contribution is 2.35. The Morgan fingerprint density at radius 1 is 1.17 bits per heavy atom. The van der Waals surface area contributed by atoms with E-state index in [0.717, 1.165) is 16.2 Å². The molecule has 0 unspecified atom stereocenters. The summed E-state index contributed by atoms with van der Waals surface area (Å²) < 4.78 is 5.36. The van der Waals surface area contributed by atoms with Gasteiger partial charge in [-0.25, -0.2) is 9.59 Å². The van der Waals surface area contributed by atoms with Crippen LogP contribution < -0.4 is 4.90 Å². The van der Waals surface area contributed by atoms with E-state index in [1.807, 2.05) is 30.3 Å². The summed E-state index contributed by atoms with van der Waals surface area (Å²) >= 11 is 1.60. The molecule has 2 aromatic carbocycles. The molecule has 0 bridgehead atoms. The van der Waals surface area contributed by atoms with Gasteiger partial charge in [-0.2, -0.15) is 0 Å². The second kappa shape index (κ2) is 6.75. The number of anilines is 1. The Morgan fingerprint density at radius 2 is 1.96 bits per heavy atom. The van der Waals surface area contributed by atoms with Crippen LogP contribution in [0, 0.1) is 0 Å². The van der Waals surface area contributed by atoms with E-state index in [-0.39, 0.29) is 12.2 Å². The Bertz CT molecular complexity index is 733. The van der Waals surface area contributed by atoms with Gasteiger partial charge in [0.25, 0.3) is 0 Å². The number of ether oxygens (including phenoxy) is 1. The molecule has 1 heterocycles. The Kier molecular flexibility index (Phi) is 4.52. The van der Waals surface area contributed by atoms with Crippen LogP contribution in [-0.4, -0.2) is 29.5 Å². The number of fused-ring (bicyclic) bond motifs is 1. The van der Waals surface area contributed by atoms with Crippen LogP contribution in [0.1, 0.15) is 15.9 Å². The summed E-state index contributed by atoms with van der Waals surface area (Å²) in [5.41, 5.74) is 1.66. The fourth-order valence-corrected chi connectivity index (χ4v) is 3.31. The third kappa shape index (κ3) is 3.48. The zero-order valence-corrected chi connectivity index (χ0v) is 13.1. The highest BCUT2D eigenvalue weighted by molar-refractivity contribution is 7.99. The maximum absolute atomic E-state index is 12.4. The molecule has 0 radical (unpaired) electrons. The minimum Gasteiger partial charge on any atom is -0.478 e. The van der Waals surface area contributed by atoms with Crippen LogP contribution in [0.5, 0.6) is 0 Å². The van der Waals surface area contributed by atoms with Crippen molar-refractivity contribution in [3.05, 3.63) is 59.7 Å². The number of carboxylic acid groups (broad SMARTS) is 1. The first-order chi connectivity index (χ1) is 11.1. The molecular weight excluding hydrogens is 314 g/mol. The average Bonchev–Trinajstić information content (AvgIpc) is 2.59. The van der Waals surface area contributed by atoms with E-state index in [1.54, 1.807) is 23.9 Å². The SMILES string of the molecule is O=C(O)c1ccc2c(c1)N(C(=O)OCc1ccccc1)CCS2. The van der Waals surface area contributed by atoms with Gasteiger partial charge in [-0.15, -0.1) is 11.8 Å². The summed E-state index contributed by atoms with van der Waals surface area (Å²) in [7, 11) is 0. The molecule has 3 rings (SSSR count). The number of thioether (sulfide) groups is 1. The number of carboxylic acids is 1. The van der Waals surface area contributed by atoms with E-state index in [9.17, 15) is 9.59 Å². The number of carbonyl (C=O) groups is 2. The number of hydrogen-bond donors (Lipinski definition) is 1. The second-order valence-corrected chi connectivity index (χ2v) is 6.16. The van der Waals surface area contributed by atoms with E-state index in [2.05, 4.69) is 0 Å². The lowest BCUT2D eigenvalue weighted by molar-refractivity contribution is 0.0696. The number of rotatable bonds is 3. The molecule has 0 atom stereocenters. The first-order valence-corrected chi connectivity index (χ1v) is 8.12. The Balaban J connectivity index is 1.77. The number of benzene rings is 2. The summed E-state index contributed by atoms with van der Waals surface area (Å²) in [6.45, 7) is 0.686. The van der Waals surface area contributed by atoms with E-state index in [0.29, 0.717) is 12.2 Å². The van der Waals surface area contributed by atoms with Gasteiger partial charge in [0, 0.05) is 17.2 Å². The van der Waals surface area contributed by atoms with Crippen molar-refractivity contribution in [2.45, 2.75) is 11.5 Å². The molecule has 1 N–H and O–H groups in total. The van der Waals surface area contributed by atoms with Crippen molar-refractivity contribution in [3.63, 3.8) is 0 Å². The van der Waals surface area contributed by atoms with Gasteiger partial charge in [0.15, 0.2) is 0 Å². The lowest BCUT2D eigenvalue weighted by Gasteiger charge is -2.28. The predicted octanol–water partition coefficient (Wildman–Crippen LogP) is 3.63. The van der Waals surface area contributed by atoms with Gasteiger partial charge in [-0.05, 0) is 23.8 Å². The van der Waals surface area contributed by atoms with E-state index < -0.39 is 12.1 Å². The Hall–Kier alpha value is -2.47. The second-order valence-electron chi connectivity index (χ2n) is 5.03. The van der Waals surface area contributed by atoms with E-state index in [4.69, 9.17) is 9.84 Å². The van der Waals surface area contributed by atoms with Crippen molar-refractivity contribution in [2.75, 3.05) is 17.2 Å². The van der Waals surface area contributed by atoms with Crippen molar-refractivity contribution in [3.8, 4) is 0 Å². The summed E-state index contributed by atoms with van der Waals surface area (Å²) in [4.78, 5) is 25.9. The number of nitrogens with zero attached hydrogens (tertiary/aromatic N) is 1. The highest BCUT2D eigenvalue weighted by Gasteiger charge is 2.25. The van der Waals surface area contributed by atoms with Crippen LogP contribution in [0.25, 0.3) is 0 Å². The summed E-state index contributed by atoms with van der Waals surface area (Å²) in [5.74, 6) is -0.263. The molecule has 23 heavy (non-hydrogen) atoms. The summed E-state index contributed by atoms with van der Waals surface area (Å²) in [5, 5.41) is 9.12. The molecule has 1 aliphatic rings. The minimum absolute atomic E-state index is 0.159. The zero-order chi connectivity index (χ0) is 16.2. The lowest BCUT2D eigenvalue weighted by atomic mass is 10.2. The first-order valence-electron chi connectivity index (χ1n) is 7.13. The van der Waals surface area contributed by atoms with Crippen LogP contribution in [0.15, 0.2) is 53.4 Å². The largest absolute Gasteiger partial charge is 0.478 e. The Morgan fingerprint density at radius 3 is 2.70 bits per heavy atom. The molecule has 0 saturated heterocycles. The molecule has 2 aromatic rings. The smallest absolute Gasteiger partial charge is 0.414 e. The van der Waals surface area contributed by atoms with Gasteiger partial charge in [0.05, 0.1) is 11.3 Å². The standard InChI is InChI=1S/C17H15NO4S/c19-16(20)13-6-7-15-14(10-13)18(8-9-23-15)17(21)22-11-12-4-2-1-3-5-12/h1-7,10H,8-9,11H2,(H,19,20). The molecule has 6 heteroatoms. The van der Waals surface area contributed by atoms with Gasteiger partial charge < -0.3 is 9.84 Å². The van der Waals surface area contributed by atoms with Crippen LogP contribution in [0.3, 0.4) is 0 Å². The lowest BCUT2D eigenvalue weighted by Crippen LogP contribution is -2.36. The highest BCUT2D eigenvalue weighted by atomic mass is 32.2. The van der Waals surface area contributed by atoms with Crippen molar-refractivity contribution in [1.29, 1.82) is 0 Å². The van der Waals surface area contributed by atoms with E-state index >= 15 is 0 Å². The molecule has 0 saturated carbocycles. The number of amides is 1. The first kappa shape index (κ1) is 15.4. The molecule has 0 aromatic heterocycles. The number of hydrogen-bond acceptors (Lipinski definition) is 4. The van der Waals surface area contributed by atoms with Gasteiger partial charge >= 0.3 is 12.1 Å². The molecule has 0 spiro atoms. The minimum atomic E-state index is -1.01. The monoisotopic (exact) mass is 329 g/mol. The fourth-order valence-electron chi connectivity index (χ4n) is 2.34. The zero-order valence-electron chi connectivity index (χ0n) is 12.3. The molecule has 0 fully saturated rings. The average molecular weight is 329 g/mol. The van der Waals surface area contributed by atoms with Crippen molar-refractivity contribution >= 4 is 29.5 Å². The predicted molar refractivity (Wildman–Crippen MR) is 88.1 cm³/mol. The van der Waals surface area contributed by atoms with Crippen LogP contribution in [0.4, 0.5) is 10.5 Å². The van der Waals surface area contributed by atoms with Gasteiger partial charge in [-0.3, -0.25) is 4.90 Å². The van der Waals surface area contributed by atoms with Crippen LogP contribution in [-0.2, 0) is 11.3 Å². The molecule has 118 valence electrons. The molecule has 0 aliphatic carbocycles. The van der Waals surface area contributed by atoms with Crippen molar-refractivity contribution < 1.29 is 19.4 Å². The maximum Gasteiger partial charge on any atom is 0.414 e.